The van der Waals surface area contributed by atoms with Crippen LogP contribution >= 0.6 is 11.6 Å². The molecule has 5 nitrogen and oxygen atoms in total. The fraction of sp³-hybridized carbons (Fsp3) is 0.294. The Balaban J connectivity index is 1.92. The molecule has 2 rings (SSSR count). The first-order valence-electron chi connectivity index (χ1n) is 7.62. The summed E-state index contributed by atoms with van der Waals surface area (Å²) < 4.78 is 0. The van der Waals surface area contributed by atoms with E-state index in [1.807, 2.05) is 12.1 Å². The Labute approximate surface area is 141 Å². The molecule has 0 aliphatic heterocycles. The zero-order valence-electron chi connectivity index (χ0n) is 13.3. The lowest BCUT2D eigenvalue weighted by Gasteiger charge is -2.20. The summed E-state index contributed by atoms with van der Waals surface area (Å²) in [7, 11) is 0. The fourth-order valence-electron chi connectivity index (χ4n) is 2.21. The lowest BCUT2D eigenvalue weighted by atomic mass is 10.2. The van der Waals surface area contributed by atoms with Gasteiger partial charge in [-0.2, -0.15) is 0 Å². The molecule has 0 saturated carbocycles. The topological polar surface area (TPSA) is 57.3 Å². The van der Waals surface area contributed by atoms with E-state index < -0.39 is 0 Å². The lowest BCUT2D eigenvalue weighted by molar-refractivity contribution is 0.251. The molecule has 23 heavy (non-hydrogen) atoms. The summed E-state index contributed by atoms with van der Waals surface area (Å²) in [4.78, 5) is 18.5. The van der Waals surface area contributed by atoms with E-state index >= 15 is 0 Å². The summed E-state index contributed by atoms with van der Waals surface area (Å²) >= 11 is 5.89. The molecule has 0 unspecified atom stereocenters. The number of rotatable bonds is 6. The predicted octanol–water partition coefficient (Wildman–Crippen LogP) is 3.90. The van der Waals surface area contributed by atoms with Crippen molar-refractivity contribution in [3.8, 4) is 0 Å². The number of benzene rings is 1. The first kappa shape index (κ1) is 17.1. The highest BCUT2D eigenvalue weighted by atomic mass is 35.5. The van der Waals surface area contributed by atoms with Gasteiger partial charge in [-0.05, 0) is 49.7 Å². The highest BCUT2D eigenvalue weighted by Gasteiger charge is 2.06. The number of nitrogens with zero attached hydrogens (tertiary/aromatic N) is 2. The zero-order chi connectivity index (χ0) is 16.7. The van der Waals surface area contributed by atoms with Crippen LogP contribution in [0.2, 0.25) is 5.02 Å². The van der Waals surface area contributed by atoms with Crippen LogP contribution in [0.1, 0.15) is 19.4 Å². The van der Waals surface area contributed by atoms with E-state index in [0.717, 1.165) is 24.5 Å². The van der Waals surface area contributed by atoms with Crippen LogP contribution in [0.5, 0.6) is 0 Å². The number of hydrogen-bond acceptors (Lipinski definition) is 3. The number of carbonyl (C=O) groups is 1. The minimum absolute atomic E-state index is 0.270. The summed E-state index contributed by atoms with van der Waals surface area (Å²) in [5, 5.41) is 6.17. The molecule has 122 valence electrons. The Kier molecular flexibility index (Phi) is 6.23. The first-order valence-corrected chi connectivity index (χ1v) is 8.00. The van der Waals surface area contributed by atoms with Crippen molar-refractivity contribution in [1.29, 1.82) is 0 Å². The SMILES string of the molecule is CCN(CC)c1cc(CNC(=O)Nc2cccc(Cl)c2)ccn1. The van der Waals surface area contributed by atoms with E-state index in [1.165, 1.54) is 0 Å². The molecular weight excluding hydrogens is 312 g/mol. The van der Waals surface area contributed by atoms with Crippen LogP contribution in [-0.4, -0.2) is 24.1 Å². The number of halogens is 1. The van der Waals surface area contributed by atoms with Crippen molar-refractivity contribution in [3.63, 3.8) is 0 Å². The molecule has 0 aliphatic carbocycles. The Morgan fingerprint density at radius 1 is 1.22 bits per heavy atom. The van der Waals surface area contributed by atoms with Crippen molar-refractivity contribution in [2.45, 2.75) is 20.4 Å². The normalized spacial score (nSPS) is 10.2. The number of urea groups is 1. The van der Waals surface area contributed by atoms with Gasteiger partial charge in [0.2, 0.25) is 0 Å². The van der Waals surface area contributed by atoms with Crippen molar-refractivity contribution in [3.05, 3.63) is 53.2 Å². The standard InChI is InChI=1S/C17H21ClN4O/c1-3-22(4-2)16-10-13(8-9-19-16)12-20-17(23)21-15-7-5-6-14(18)11-15/h5-11H,3-4,12H2,1-2H3,(H2,20,21,23). The van der Waals surface area contributed by atoms with Crippen LogP contribution in [0, 0.1) is 0 Å². The summed E-state index contributed by atoms with van der Waals surface area (Å²) in [5.41, 5.74) is 1.66. The van der Waals surface area contributed by atoms with Gasteiger partial charge in [-0.1, -0.05) is 17.7 Å². The largest absolute Gasteiger partial charge is 0.357 e. The molecule has 2 N–H and O–H groups in total. The van der Waals surface area contributed by atoms with Crippen LogP contribution in [0.25, 0.3) is 0 Å². The third-order valence-electron chi connectivity index (χ3n) is 3.43. The van der Waals surface area contributed by atoms with E-state index in [2.05, 4.69) is 34.4 Å². The number of anilines is 2. The number of nitrogens with one attached hydrogen (secondary N) is 2. The third kappa shape index (κ3) is 5.14. The van der Waals surface area contributed by atoms with Crippen LogP contribution in [0.15, 0.2) is 42.6 Å². The molecule has 0 radical (unpaired) electrons. The van der Waals surface area contributed by atoms with Gasteiger partial charge in [-0.15, -0.1) is 0 Å². The first-order chi connectivity index (χ1) is 11.1. The maximum Gasteiger partial charge on any atom is 0.319 e. The maximum absolute atomic E-state index is 11.9. The van der Waals surface area contributed by atoms with Crippen LogP contribution in [-0.2, 0) is 6.54 Å². The highest BCUT2D eigenvalue weighted by molar-refractivity contribution is 6.30. The third-order valence-corrected chi connectivity index (χ3v) is 3.67. The average molecular weight is 333 g/mol. The average Bonchev–Trinajstić information content (AvgIpc) is 2.55. The molecule has 2 aromatic rings. The second kappa shape index (κ2) is 8.39. The Morgan fingerprint density at radius 3 is 2.70 bits per heavy atom. The molecule has 0 fully saturated rings. The Bertz CT molecular complexity index is 659. The van der Waals surface area contributed by atoms with Crippen molar-refractivity contribution in [2.24, 2.45) is 0 Å². The van der Waals surface area contributed by atoms with Gasteiger partial charge in [0, 0.05) is 36.5 Å². The van der Waals surface area contributed by atoms with Gasteiger partial charge in [-0.25, -0.2) is 9.78 Å². The van der Waals surface area contributed by atoms with Crippen molar-refractivity contribution in [2.75, 3.05) is 23.3 Å². The molecule has 1 heterocycles. The highest BCUT2D eigenvalue weighted by Crippen LogP contribution is 2.15. The van der Waals surface area contributed by atoms with E-state index in [4.69, 9.17) is 11.6 Å². The number of pyridine rings is 1. The summed E-state index contributed by atoms with van der Waals surface area (Å²) in [6, 6.07) is 10.7. The van der Waals surface area contributed by atoms with E-state index in [0.29, 0.717) is 17.3 Å². The van der Waals surface area contributed by atoms with Crippen molar-refractivity contribution < 1.29 is 4.79 Å². The quantitative estimate of drug-likeness (QED) is 0.843. The molecule has 0 spiro atoms. The molecule has 1 aromatic heterocycles. The van der Waals surface area contributed by atoms with Crippen molar-refractivity contribution >= 4 is 29.1 Å². The number of amides is 2. The Hall–Kier alpha value is -2.27. The monoisotopic (exact) mass is 332 g/mol. The predicted molar refractivity (Wildman–Crippen MR) is 95.1 cm³/mol. The van der Waals surface area contributed by atoms with Gasteiger partial charge < -0.3 is 15.5 Å². The zero-order valence-corrected chi connectivity index (χ0v) is 14.1. The van der Waals surface area contributed by atoms with Crippen molar-refractivity contribution in [1.82, 2.24) is 10.3 Å². The van der Waals surface area contributed by atoms with Gasteiger partial charge >= 0.3 is 6.03 Å². The molecule has 1 aromatic carbocycles. The van der Waals surface area contributed by atoms with Gasteiger partial charge in [0.15, 0.2) is 0 Å². The van der Waals surface area contributed by atoms with Gasteiger partial charge in [0.1, 0.15) is 5.82 Å². The molecule has 0 bridgehead atoms. The number of hydrogen-bond donors (Lipinski definition) is 2. The number of carbonyl (C=O) groups excluding carboxylic acids is 1. The lowest BCUT2D eigenvalue weighted by Crippen LogP contribution is -2.28. The Morgan fingerprint density at radius 2 is 2.00 bits per heavy atom. The summed E-state index contributed by atoms with van der Waals surface area (Å²) in [6.07, 6.45) is 1.76. The van der Waals surface area contributed by atoms with Crippen LogP contribution in [0.4, 0.5) is 16.3 Å². The maximum atomic E-state index is 11.9. The summed E-state index contributed by atoms with van der Waals surface area (Å²) in [6.45, 7) is 6.41. The van der Waals surface area contributed by atoms with E-state index in [-0.39, 0.29) is 6.03 Å². The second-order valence-electron chi connectivity index (χ2n) is 5.01. The molecule has 2 amide bonds. The minimum Gasteiger partial charge on any atom is -0.357 e. The van der Waals surface area contributed by atoms with E-state index in [9.17, 15) is 4.79 Å². The van der Waals surface area contributed by atoms with Gasteiger partial charge in [0.05, 0.1) is 0 Å². The second-order valence-corrected chi connectivity index (χ2v) is 5.45. The fourth-order valence-corrected chi connectivity index (χ4v) is 2.41. The molecule has 6 heteroatoms. The number of aromatic nitrogens is 1. The van der Waals surface area contributed by atoms with Gasteiger partial charge in [0.25, 0.3) is 0 Å². The molecule has 0 aliphatic rings. The van der Waals surface area contributed by atoms with Crippen LogP contribution < -0.4 is 15.5 Å². The van der Waals surface area contributed by atoms with Crippen LogP contribution in [0.3, 0.4) is 0 Å². The van der Waals surface area contributed by atoms with E-state index in [1.54, 1.807) is 30.5 Å². The summed E-state index contributed by atoms with van der Waals surface area (Å²) in [5.74, 6) is 0.921. The molecular formula is C17H21ClN4O. The smallest absolute Gasteiger partial charge is 0.319 e. The molecule has 0 atom stereocenters. The minimum atomic E-state index is -0.270. The van der Waals surface area contributed by atoms with Gasteiger partial charge in [-0.3, -0.25) is 0 Å². The molecule has 0 saturated heterocycles.